The maximum Gasteiger partial charge on any atom is 0.340 e. The fourth-order valence-corrected chi connectivity index (χ4v) is 3.09. The normalized spacial score (nSPS) is 12.3. The Hall–Kier alpha value is -3.16. The van der Waals surface area contributed by atoms with E-state index in [9.17, 15) is 9.59 Å². The first kappa shape index (κ1) is 23.1. The second-order valence-electron chi connectivity index (χ2n) is 7.00. The van der Waals surface area contributed by atoms with E-state index in [2.05, 4.69) is 10.2 Å². The molecule has 0 aliphatic heterocycles. The molecule has 0 aliphatic rings. The smallest absolute Gasteiger partial charge is 0.340 e. The van der Waals surface area contributed by atoms with Crippen LogP contribution in [0.4, 0.5) is 0 Å². The molecule has 0 N–H and O–H groups in total. The van der Waals surface area contributed by atoms with E-state index in [1.54, 1.807) is 35.3 Å². The maximum absolute atomic E-state index is 12.1. The number of esters is 2. The van der Waals surface area contributed by atoms with E-state index in [1.807, 2.05) is 41.5 Å². The van der Waals surface area contributed by atoms with Crippen LogP contribution in [0.3, 0.4) is 0 Å². The van der Waals surface area contributed by atoms with Gasteiger partial charge >= 0.3 is 11.9 Å². The van der Waals surface area contributed by atoms with Gasteiger partial charge in [-0.1, -0.05) is 0 Å². The zero-order valence-corrected chi connectivity index (χ0v) is 19.0. The number of carbonyl (C=O) groups is 2. The van der Waals surface area contributed by atoms with Crippen molar-refractivity contribution in [2.75, 3.05) is 13.2 Å². The fourth-order valence-electron chi connectivity index (χ4n) is 3.09. The van der Waals surface area contributed by atoms with Gasteiger partial charge in [0.25, 0.3) is 0 Å². The van der Waals surface area contributed by atoms with Crippen LogP contribution in [0.1, 0.15) is 71.2 Å². The van der Waals surface area contributed by atoms with E-state index in [1.165, 1.54) is 0 Å². The van der Waals surface area contributed by atoms with Gasteiger partial charge in [-0.25, -0.2) is 18.9 Å². The third-order valence-corrected chi connectivity index (χ3v) is 4.80. The van der Waals surface area contributed by atoms with Gasteiger partial charge < -0.3 is 9.47 Å². The number of hydrogen-bond donors (Lipinski definition) is 0. The van der Waals surface area contributed by atoms with E-state index < -0.39 is 0 Å². The Morgan fingerprint density at radius 1 is 0.767 bits per heavy atom. The molecule has 0 radical (unpaired) electrons. The average molecular weight is 415 g/mol. The molecule has 8 nitrogen and oxygen atoms in total. The largest absolute Gasteiger partial charge is 0.462 e. The maximum atomic E-state index is 12.1. The molecule has 0 unspecified atom stereocenters. The molecule has 2 aromatic rings. The lowest BCUT2D eigenvalue weighted by Gasteiger charge is -2.08. The number of hydrogen-bond acceptors (Lipinski definition) is 6. The lowest BCUT2D eigenvalue weighted by Crippen LogP contribution is -2.13. The Kier molecular flexibility index (Phi) is 7.37. The van der Waals surface area contributed by atoms with Crippen LogP contribution < -0.4 is 0 Å². The highest BCUT2D eigenvalue weighted by molar-refractivity contribution is 6.40. The van der Waals surface area contributed by atoms with Gasteiger partial charge in [-0.05, 0) is 67.5 Å². The van der Waals surface area contributed by atoms with Gasteiger partial charge in [0, 0.05) is 11.4 Å². The highest BCUT2D eigenvalue weighted by Gasteiger charge is 2.18. The van der Waals surface area contributed by atoms with Gasteiger partial charge in [0.05, 0.1) is 47.2 Å². The second kappa shape index (κ2) is 9.56. The third kappa shape index (κ3) is 4.69. The van der Waals surface area contributed by atoms with Crippen LogP contribution in [0.15, 0.2) is 22.3 Å². The summed E-state index contributed by atoms with van der Waals surface area (Å²) in [6, 6.07) is 3.53. The van der Waals surface area contributed by atoms with Crippen molar-refractivity contribution in [2.45, 2.75) is 55.4 Å². The second-order valence-corrected chi connectivity index (χ2v) is 7.00. The molecule has 0 saturated heterocycles. The molecule has 0 fully saturated rings. The summed E-state index contributed by atoms with van der Waals surface area (Å²) in [7, 11) is 0. The number of aromatic nitrogens is 2. The summed E-state index contributed by atoms with van der Waals surface area (Å²) in [5.41, 5.74) is 5.40. The number of rotatable bonds is 7. The molecule has 0 atom stereocenters. The van der Waals surface area contributed by atoms with Crippen LogP contribution >= 0.6 is 0 Å². The Morgan fingerprint density at radius 3 is 1.40 bits per heavy atom. The van der Waals surface area contributed by atoms with Crippen LogP contribution in [-0.2, 0) is 9.47 Å². The van der Waals surface area contributed by atoms with Crippen molar-refractivity contribution >= 4 is 23.4 Å². The average Bonchev–Trinajstić information content (AvgIpc) is 3.13. The van der Waals surface area contributed by atoms with Crippen molar-refractivity contribution < 1.29 is 19.1 Å². The van der Waals surface area contributed by atoms with Crippen molar-refractivity contribution in [3.05, 3.63) is 46.0 Å². The van der Waals surface area contributed by atoms with E-state index >= 15 is 0 Å². The molecule has 0 aliphatic carbocycles. The highest BCUT2D eigenvalue weighted by atomic mass is 16.5. The Morgan fingerprint density at radius 2 is 1.10 bits per heavy atom. The minimum atomic E-state index is -0.361. The molecular weight excluding hydrogens is 384 g/mol. The molecular formula is C22H30N4O4. The van der Waals surface area contributed by atoms with Gasteiger partial charge in [0.2, 0.25) is 0 Å². The fraction of sp³-hybridized carbons (Fsp3) is 0.455. The van der Waals surface area contributed by atoms with Crippen molar-refractivity contribution in [3.8, 4) is 0 Å². The standard InChI is InChI=1S/C22H30N4O4/c1-9-29-21(27)19-11-13(3)25(17(19)7)23-15(5)16(6)24-26-14(4)12-20(18(26)8)22(28)30-10-2/h11-12H,9-10H2,1-8H3/b23-15-,24-16-. The lowest BCUT2D eigenvalue weighted by atomic mass is 10.2. The molecule has 162 valence electrons. The summed E-state index contributed by atoms with van der Waals surface area (Å²) >= 11 is 0. The quantitative estimate of drug-likeness (QED) is 0.506. The van der Waals surface area contributed by atoms with Gasteiger partial charge in [-0.2, -0.15) is 10.2 Å². The molecule has 0 saturated carbocycles. The molecule has 0 amide bonds. The Bertz CT molecular complexity index is 942. The van der Waals surface area contributed by atoms with Gasteiger partial charge in [-0.15, -0.1) is 0 Å². The molecule has 2 heterocycles. The highest BCUT2D eigenvalue weighted by Crippen LogP contribution is 2.18. The van der Waals surface area contributed by atoms with Crippen LogP contribution in [0.5, 0.6) is 0 Å². The predicted octanol–water partition coefficient (Wildman–Crippen LogP) is 4.02. The monoisotopic (exact) mass is 414 g/mol. The summed E-state index contributed by atoms with van der Waals surface area (Å²) in [6.45, 7) is 15.3. The first-order valence-electron chi connectivity index (χ1n) is 9.95. The van der Waals surface area contributed by atoms with Crippen molar-refractivity contribution in [1.82, 2.24) is 9.35 Å². The van der Waals surface area contributed by atoms with Gasteiger partial charge in [0.15, 0.2) is 0 Å². The van der Waals surface area contributed by atoms with Gasteiger partial charge in [0.1, 0.15) is 0 Å². The van der Waals surface area contributed by atoms with Crippen LogP contribution in [0.2, 0.25) is 0 Å². The zero-order valence-electron chi connectivity index (χ0n) is 19.0. The van der Waals surface area contributed by atoms with Crippen molar-refractivity contribution in [2.24, 2.45) is 10.2 Å². The summed E-state index contributed by atoms with van der Waals surface area (Å²) in [4.78, 5) is 24.2. The van der Waals surface area contributed by atoms with E-state index in [-0.39, 0.29) is 11.9 Å². The van der Waals surface area contributed by atoms with E-state index in [0.717, 1.165) is 11.4 Å². The van der Waals surface area contributed by atoms with Crippen LogP contribution in [0.25, 0.3) is 0 Å². The van der Waals surface area contributed by atoms with Crippen molar-refractivity contribution in [1.29, 1.82) is 0 Å². The van der Waals surface area contributed by atoms with E-state index in [0.29, 0.717) is 47.2 Å². The number of aryl methyl sites for hydroxylation is 2. The molecule has 8 heteroatoms. The number of ether oxygens (including phenoxy) is 2. The number of nitrogens with zero attached hydrogens (tertiary/aromatic N) is 4. The lowest BCUT2D eigenvalue weighted by molar-refractivity contribution is 0.0515. The molecule has 2 aromatic heterocycles. The minimum absolute atomic E-state index is 0.319. The third-order valence-electron chi connectivity index (χ3n) is 4.80. The first-order chi connectivity index (χ1) is 14.1. The SMILES string of the molecule is CCOC(=O)c1cc(C)n(/N=C(C)\C(C)=N/n2c(C)cc(C(=O)OCC)c2C)c1C. The molecule has 0 bridgehead atoms. The molecule has 0 aromatic carbocycles. The summed E-state index contributed by atoms with van der Waals surface area (Å²) < 4.78 is 13.6. The summed E-state index contributed by atoms with van der Waals surface area (Å²) in [5, 5.41) is 9.28. The van der Waals surface area contributed by atoms with Crippen LogP contribution in [-0.4, -0.2) is 45.9 Å². The molecule has 0 spiro atoms. The Labute approximate surface area is 177 Å². The molecule has 2 rings (SSSR count). The first-order valence-corrected chi connectivity index (χ1v) is 9.95. The minimum Gasteiger partial charge on any atom is -0.462 e. The Balaban J connectivity index is 2.40. The zero-order chi connectivity index (χ0) is 22.6. The number of carbonyl (C=O) groups excluding carboxylic acids is 2. The summed E-state index contributed by atoms with van der Waals surface area (Å²) in [6.07, 6.45) is 0. The molecule has 30 heavy (non-hydrogen) atoms. The van der Waals surface area contributed by atoms with E-state index in [4.69, 9.17) is 9.47 Å². The van der Waals surface area contributed by atoms with Crippen LogP contribution in [0, 0.1) is 27.7 Å². The van der Waals surface area contributed by atoms with Gasteiger partial charge in [-0.3, -0.25) is 0 Å². The topological polar surface area (TPSA) is 87.2 Å². The predicted molar refractivity (Wildman–Crippen MR) is 117 cm³/mol. The summed E-state index contributed by atoms with van der Waals surface area (Å²) in [5.74, 6) is -0.722. The van der Waals surface area contributed by atoms with Crippen molar-refractivity contribution in [3.63, 3.8) is 0 Å².